The maximum atomic E-state index is 13.3. The summed E-state index contributed by atoms with van der Waals surface area (Å²) in [5.41, 5.74) is 0.909. The van der Waals surface area contributed by atoms with Crippen LogP contribution in [0.3, 0.4) is 0 Å². The summed E-state index contributed by atoms with van der Waals surface area (Å²) in [5.74, 6) is 2.18. The molecular formula is C21H27N5O. The molecule has 0 aliphatic heterocycles. The Morgan fingerprint density at radius 1 is 1.19 bits per heavy atom. The van der Waals surface area contributed by atoms with Crippen LogP contribution in [0.1, 0.15) is 49.9 Å². The first kappa shape index (κ1) is 16.9. The van der Waals surface area contributed by atoms with Crippen LogP contribution in [-0.4, -0.2) is 32.7 Å². The van der Waals surface area contributed by atoms with Crippen LogP contribution >= 0.6 is 0 Å². The number of amides is 1. The first-order chi connectivity index (χ1) is 13.1. The summed E-state index contributed by atoms with van der Waals surface area (Å²) < 4.78 is 0. The van der Waals surface area contributed by atoms with Crippen molar-refractivity contribution in [2.75, 3.05) is 6.54 Å². The van der Waals surface area contributed by atoms with Crippen LogP contribution in [0, 0.1) is 24.2 Å². The molecule has 4 aliphatic carbocycles. The van der Waals surface area contributed by atoms with Crippen molar-refractivity contribution in [1.82, 2.24) is 25.5 Å². The first-order valence-corrected chi connectivity index (χ1v) is 10.2. The SMILES string of the molecule is Cc1nnn(C23C[C@H]4C[C@@H](CC(C(=O)NCCc5ccccc5)(C4)C2)C3)n1. The van der Waals surface area contributed by atoms with Gasteiger partial charge in [0.25, 0.3) is 0 Å². The Morgan fingerprint density at radius 3 is 2.59 bits per heavy atom. The Labute approximate surface area is 159 Å². The van der Waals surface area contributed by atoms with Crippen molar-refractivity contribution in [1.29, 1.82) is 0 Å². The third-order valence-electron chi connectivity index (χ3n) is 6.99. The molecule has 2 atom stereocenters. The number of hydrogen-bond donors (Lipinski definition) is 1. The van der Waals surface area contributed by atoms with Gasteiger partial charge >= 0.3 is 0 Å². The van der Waals surface area contributed by atoms with Gasteiger partial charge in [0.15, 0.2) is 5.82 Å². The van der Waals surface area contributed by atoms with Gasteiger partial charge < -0.3 is 5.32 Å². The third kappa shape index (κ3) is 2.86. The van der Waals surface area contributed by atoms with E-state index in [4.69, 9.17) is 0 Å². The second-order valence-corrected chi connectivity index (χ2v) is 9.08. The van der Waals surface area contributed by atoms with Crippen LogP contribution in [0.5, 0.6) is 0 Å². The third-order valence-corrected chi connectivity index (χ3v) is 6.99. The zero-order chi connectivity index (χ0) is 18.5. The molecule has 1 aromatic heterocycles. The lowest BCUT2D eigenvalue weighted by Crippen LogP contribution is -2.61. The van der Waals surface area contributed by atoms with E-state index in [9.17, 15) is 4.79 Å². The molecule has 0 spiro atoms. The number of nitrogens with zero attached hydrogens (tertiary/aromatic N) is 4. The molecule has 1 amide bonds. The Morgan fingerprint density at radius 2 is 1.93 bits per heavy atom. The van der Waals surface area contributed by atoms with E-state index in [1.165, 1.54) is 12.0 Å². The van der Waals surface area contributed by atoms with Gasteiger partial charge in [-0.2, -0.15) is 4.80 Å². The van der Waals surface area contributed by atoms with Crippen molar-refractivity contribution >= 4 is 5.91 Å². The van der Waals surface area contributed by atoms with Crippen LogP contribution in [0.15, 0.2) is 30.3 Å². The van der Waals surface area contributed by atoms with E-state index < -0.39 is 0 Å². The molecule has 6 heteroatoms. The number of aryl methyl sites for hydroxylation is 1. The van der Waals surface area contributed by atoms with Gasteiger partial charge in [-0.25, -0.2) is 0 Å². The quantitative estimate of drug-likeness (QED) is 0.884. The second-order valence-electron chi connectivity index (χ2n) is 9.08. The predicted octanol–water partition coefficient (Wildman–Crippen LogP) is 2.64. The zero-order valence-corrected chi connectivity index (χ0v) is 15.9. The maximum absolute atomic E-state index is 13.3. The summed E-state index contributed by atoms with van der Waals surface area (Å²) >= 11 is 0. The van der Waals surface area contributed by atoms with Gasteiger partial charge in [0.05, 0.1) is 11.0 Å². The molecule has 6 rings (SSSR count). The molecule has 4 fully saturated rings. The molecular weight excluding hydrogens is 338 g/mol. The number of carbonyl (C=O) groups is 1. The summed E-state index contributed by atoms with van der Waals surface area (Å²) in [5, 5.41) is 16.3. The fraction of sp³-hybridized carbons (Fsp3) is 0.619. The van der Waals surface area contributed by atoms with Crippen LogP contribution in [0.4, 0.5) is 0 Å². The highest BCUT2D eigenvalue weighted by Gasteiger charge is 2.62. The van der Waals surface area contributed by atoms with Crippen LogP contribution < -0.4 is 5.32 Å². The van der Waals surface area contributed by atoms with E-state index in [-0.39, 0.29) is 16.9 Å². The lowest BCUT2D eigenvalue weighted by molar-refractivity contribution is -0.157. The van der Waals surface area contributed by atoms with Gasteiger partial charge in [-0.1, -0.05) is 30.3 Å². The highest BCUT2D eigenvalue weighted by Crippen LogP contribution is 2.63. The summed E-state index contributed by atoms with van der Waals surface area (Å²) in [6.45, 7) is 2.59. The highest BCUT2D eigenvalue weighted by molar-refractivity contribution is 5.83. The average Bonchev–Trinajstić information content (AvgIpc) is 3.09. The van der Waals surface area contributed by atoms with Crippen LogP contribution in [0.25, 0.3) is 0 Å². The van der Waals surface area contributed by atoms with Gasteiger partial charge in [0, 0.05) is 6.54 Å². The van der Waals surface area contributed by atoms with Crippen molar-refractivity contribution in [3.63, 3.8) is 0 Å². The molecule has 4 bridgehead atoms. The summed E-state index contributed by atoms with van der Waals surface area (Å²) in [6, 6.07) is 10.4. The molecule has 1 heterocycles. The van der Waals surface area contributed by atoms with Gasteiger partial charge in [-0.3, -0.25) is 4.79 Å². The standard InChI is InChI=1S/C21H27N5O/c1-15-23-25-26(24-15)21-12-17-9-18(13-21)11-20(10-17,14-21)19(27)22-8-7-16-5-3-2-4-6-16/h2-6,17-18H,7-14H2,1H3,(H,22,27)/t17-,18-,20?,21?/m0/s1. The molecule has 1 N–H and O–H groups in total. The van der Waals surface area contributed by atoms with E-state index in [1.807, 2.05) is 29.9 Å². The summed E-state index contributed by atoms with van der Waals surface area (Å²) in [7, 11) is 0. The summed E-state index contributed by atoms with van der Waals surface area (Å²) in [4.78, 5) is 15.1. The summed E-state index contributed by atoms with van der Waals surface area (Å²) in [6.07, 6.45) is 7.24. The number of nitrogens with one attached hydrogen (secondary N) is 1. The van der Waals surface area contributed by atoms with Gasteiger partial charge in [-0.05, 0) is 74.5 Å². The fourth-order valence-corrected chi connectivity index (χ4v) is 6.35. The number of rotatable bonds is 5. The normalized spacial score (nSPS) is 34.0. The molecule has 0 radical (unpaired) electrons. The Bertz CT molecular complexity index is 831. The van der Waals surface area contributed by atoms with E-state index in [0.717, 1.165) is 38.5 Å². The zero-order valence-electron chi connectivity index (χ0n) is 15.9. The number of tetrazole rings is 1. The molecule has 2 aromatic rings. The average molecular weight is 365 g/mol. The lowest BCUT2D eigenvalue weighted by Gasteiger charge is -2.60. The molecule has 27 heavy (non-hydrogen) atoms. The van der Waals surface area contributed by atoms with Crippen LogP contribution in [0.2, 0.25) is 0 Å². The molecule has 6 nitrogen and oxygen atoms in total. The maximum Gasteiger partial charge on any atom is 0.226 e. The molecule has 0 saturated heterocycles. The molecule has 0 unspecified atom stereocenters. The van der Waals surface area contributed by atoms with E-state index in [0.29, 0.717) is 24.2 Å². The van der Waals surface area contributed by atoms with Crippen molar-refractivity contribution in [2.24, 2.45) is 17.3 Å². The Kier molecular flexibility index (Phi) is 3.85. The Balaban J connectivity index is 1.33. The minimum atomic E-state index is -0.248. The van der Waals surface area contributed by atoms with Gasteiger partial charge in [0.1, 0.15) is 0 Å². The number of hydrogen-bond acceptors (Lipinski definition) is 4. The molecule has 4 aliphatic rings. The second kappa shape index (κ2) is 6.14. The number of aromatic nitrogens is 4. The Hall–Kier alpha value is -2.24. The smallest absolute Gasteiger partial charge is 0.226 e. The lowest BCUT2D eigenvalue weighted by atomic mass is 9.46. The fourth-order valence-electron chi connectivity index (χ4n) is 6.35. The van der Waals surface area contributed by atoms with Crippen LogP contribution in [-0.2, 0) is 16.8 Å². The minimum absolute atomic E-state index is 0.109. The van der Waals surface area contributed by atoms with Gasteiger partial charge in [-0.15, -0.1) is 10.2 Å². The molecule has 142 valence electrons. The van der Waals surface area contributed by atoms with Crippen molar-refractivity contribution < 1.29 is 4.79 Å². The van der Waals surface area contributed by atoms with E-state index in [1.54, 1.807) is 0 Å². The monoisotopic (exact) mass is 365 g/mol. The molecule has 1 aromatic carbocycles. The number of benzene rings is 1. The van der Waals surface area contributed by atoms with Crippen molar-refractivity contribution in [2.45, 2.75) is 57.4 Å². The topological polar surface area (TPSA) is 72.7 Å². The minimum Gasteiger partial charge on any atom is -0.355 e. The predicted molar refractivity (Wildman–Crippen MR) is 101 cm³/mol. The first-order valence-electron chi connectivity index (χ1n) is 10.2. The van der Waals surface area contributed by atoms with E-state index in [2.05, 4.69) is 32.9 Å². The van der Waals surface area contributed by atoms with Gasteiger partial charge in [0.2, 0.25) is 5.91 Å². The van der Waals surface area contributed by atoms with E-state index >= 15 is 0 Å². The highest BCUT2D eigenvalue weighted by atomic mass is 16.2. The molecule has 4 saturated carbocycles. The van der Waals surface area contributed by atoms with Crippen molar-refractivity contribution in [3.8, 4) is 0 Å². The van der Waals surface area contributed by atoms with Crippen molar-refractivity contribution in [3.05, 3.63) is 41.7 Å². The number of carbonyl (C=O) groups excluding carboxylic acids is 1. The largest absolute Gasteiger partial charge is 0.355 e.